The molecule has 0 saturated heterocycles. The molecule has 0 radical (unpaired) electrons. The van der Waals surface area contributed by atoms with Crippen LogP contribution in [0.5, 0.6) is 0 Å². The van der Waals surface area contributed by atoms with Gasteiger partial charge in [0.15, 0.2) is 5.82 Å². The number of aryl methyl sites for hydroxylation is 3. The van der Waals surface area contributed by atoms with Gasteiger partial charge in [-0.15, -0.1) is 21.5 Å². The van der Waals surface area contributed by atoms with Crippen molar-refractivity contribution in [1.82, 2.24) is 25.1 Å². The number of ether oxygens (including phenoxy) is 1. The Morgan fingerprint density at radius 2 is 1.59 bits per heavy atom. The number of fused-ring (bicyclic) bond motifs is 4. The van der Waals surface area contributed by atoms with Crippen LogP contribution >= 0.6 is 11.3 Å². The largest absolute Gasteiger partial charge is 0.469 e. The van der Waals surface area contributed by atoms with Gasteiger partial charge in [-0.25, -0.2) is 8.42 Å². The summed E-state index contributed by atoms with van der Waals surface area (Å²) in [6, 6.07) is 26.6. The lowest BCUT2D eigenvalue weighted by Crippen LogP contribution is -2.22. The van der Waals surface area contributed by atoms with Gasteiger partial charge in [-0.2, -0.15) is 5.26 Å². The van der Waals surface area contributed by atoms with Crippen molar-refractivity contribution >= 4 is 55.5 Å². The van der Waals surface area contributed by atoms with E-state index < -0.39 is 16.1 Å². The van der Waals surface area contributed by atoms with Crippen molar-refractivity contribution in [2.45, 2.75) is 51.6 Å². The van der Waals surface area contributed by atoms with Gasteiger partial charge in [-0.3, -0.25) is 23.9 Å². The minimum atomic E-state index is -3.94. The number of aromatic amines is 1. The van der Waals surface area contributed by atoms with Crippen molar-refractivity contribution in [3.05, 3.63) is 147 Å². The van der Waals surface area contributed by atoms with E-state index in [0.29, 0.717) is 39.4 Å². The number of amides is 1. The molecule has 0 bridgehead atoms. The standard InChI is InChI=1S/C44H38N8O5S2/c1-24-6-19-35(41-38(24)33(21-45)23-46-41)51-59(55,56)34-17-7-28(8-18-34)22-47-43(54)32-15-11-30(12-16-32)29-9-13-31(14-10-29)40-39-25(2)26(3)58-44(39)52-27(4)49-50-42(52)36(48-40)20-37(53)57-5/h6-19,23,36,46,51H,20,22H2,1-5H3,(H,47,54). The lowest BCUT2D eigenvalue weighted by atomic mass is 9.96. The van der Waals surface area contributed by atoms with Gasteiger partial charge in [-0.1, -0.05) is 54.6 Å². The highest BCUT2D eigenvalue weighted by atomic mass is 32.2. The molecule has 7 aromatic rings. The van der Waals surface area contributed by atoms with Crippen molar-refractivity contribution in [2.24, 2.45) is 4.99 Å². The Morgan fingerprint density at radius 3 is 2.27 bits per heavy atom. The monoisotopic (exact) mass is 822 g/mol. The zero-order valence-electron chi connectivity index (χ0n) is 32.7. The summed E-state index contributed by atoms with van der Waals surface area (Å²) in [5.74, 6) is 0.652. The summed E-state index contributed by atoms with van der Waals surface area (Å²) in [6.45, 7) is 8.11. The van der Waals surface area contributed by atoms with Crippen LogP contribution in [0.2, 0.25) is 0 Å². The number of hydrogen-bond donors (Lipinski definition) is 3. The topological polar surface area (TPSA) is 184 Å². The molecule has 0 saturated carbocycles. The molecule has 3 aromatic heterocycles. The van der Waals surface area contributed by atoms with Gasteiger partial charge < -0.3 is 15.0 Å². The molecule has 1 atom stereocenters. The molecule has 13 nitrogen and oxygen atoms in total. The SMILES string of the molecule is COC(=O)CC1N=C(c2ccc(-c3ccc(C(=O)NCc4ccc(S(=O)(=O)Nc5ccc(C)c6c(C#N)c[nH]c56)cc4)cc3)cc2)c2c(sc(C)c2C)-n2c(C)nnc21. The summed E-state index contributed by atoms with van der Waals surface area (Å²) in [5.41, 5.74) is 8.98. The third kappa shape index (κ3) is 7.28. The fraction of sp³-hybridized carbons (Fsp3) is 0.182. The van der Waals surface area contributed by atoms with Gasteiger partial charge in [0.2, 0.25) is 0 Å². The molecule has 0 fully saturated rings. The van der Waals surface area contributed by atoms with Gasteiger partial charge in [0.25, 0.3) is 15.9 Å². The number of benzene rings is 4. The smallest absolute Gasteiger partial charge is 0.308 e. The summed E-state index contributed by atoms with van der Waals surface area (Å²) < 4.78 is 36.2. The molecule has 296 valence electrons. The minimum Gasteiger partial charge on any atom is -0.469 e. The maximum Gasteiger partial charge on any atom is 0.308 e. The van der Waals surface area contributed by atoms with E-state index in [1.165, 1.54) is 19.2 Å². The van der Waals surface area contributed by atoms with Crippen molar-refractivity contribution < 1.29 is 22.7 Å². The van der Waals surface area contributed by atoms with E-state index in [2.05, 4.69) is 45.1 Å². The number of esters is 1. The number of carbonyl (C=O) groups excluding carboxylic acids is 2. The number of H-pyrrole nitrogens is 1. The lowest BCUT2D eigenvalue weighted by molar-refractivity contribution is -0.141. The Hall–Kier alpha value is -6.89. The van der Waals surface area contributed by atoms with Crippen molar-refractivity contribution in [3.8, 4) is 22.2 Å². The van der Waals surface area contributed by atoms with E-state index in [1.54, 1.807) is 53.9 Å². The predicted octanol–water partition coefficient (Wildman–Crippen LogP) is 7.77. The van der Waals surface area contributed by atoms with E-state index in [1.807, 2.05) is 54.8 Å². The molecule has 1 aliphatic rings. The molecule has 15 heteroatoms. The van der Waals surface area contributed by atoms with Crippen molar-refractivity contribution in [1.29, 1.82) is 5.26 Å². The quantitative estimate of drug-likeness (QED) is 0.117. The van der Waals surface area contributed by atoms with Crippen LogP contribution in [0.1, 0.15) is 72.7 Å². The fourth-order valence-corrected chi connectivity index (χ4v) is 9.55. The lowest BCUT2D eigenvalue weighted by Gasteiger charge is -2.12. The molecule has 1 amide bonds. The third-order valence-electron chi connectivity index (χ3n) is 10.6. The first-order chi connectivity index (χ1) is 28.4. The third-order valence-corrected chi connectivity index (χ3v) is 13.1. The first-order valence-corrected chi connectivity index (χ1v) is 21.0. The molecule has 3 N–H and O–H groups in total. The van der Waals surface area contributed by atoms with Gasteiger partial charge in [0.05, 0.1) is 40.9 Å². The number of nitrogens with one attached hydrogen (secondary N) is 3. The van der Waals surface area contributed by atoms with E-state index in [-0.39, 0.29) is 29.7 Å². The van der Waals surface area contributed by atoms with Gasteiger partial charge in [0, 0.05) is 39.7 Å². The zero-order chi connectivity index (χ0) is 41.6. The van der Waals surface area contributed by atoms with Crippen LogP contribution in [-0.4, -0.2) is 52.9 Å². The Kier molecular flexibility index (Phi) is 10.2. The van der Waals surface area contributed by atoms with E-state index in [4.69, 9.17) is 9.73 Å². The highest BCUT2D eigenvalue weighted by Crippen LogP contribution is 2.40. The number of nitrogens with zero attached hydrogens (tertiary/aromatic N) is 5. The molecular weight excluding hydrogens is 785 g/mol. The molecular formula is C44H38N8O5S2. The van der Waals surface area contributed by atoms with E-state index in [9.17, 15) is 23.3 Å². The first-order valence-electron chi connectivity index (χ1n) is 18.7. The highest BCUT2D eigenvalue weighted by molar-refractivity contribution is 7.92. The van der Waals surface area contributed by atoms with Crippen LogP contribution in [0.25, 0.3) is 27.0 Å². The highest BCUT2D eigenvalue weighted by Gasteiger charge is 2.32. The van der Waals surface area contributed by atoms with Gasteiger partial charge in [-0.05, 0) is 85.8 Å². The van der Waals surface area contributed by atoms with E-state index in [0.717, 1.165) is 54.5 Å². The number of sulfonamides is 1. The Balaban J connectivity index is 0.945. The van der Waals surface area contributed by atoms with Crippen molar-refractivity contribution in [2.75, 3.05) is 11.8 Å². The second-order valence-electron chi connectivity index (χ2n) is 14.3. The van der Waals surface area contributed by atoms with Gasteiger partial charge >= 0.3 is 5.97 Å². The average molecular weight is 823 g/mol. The average Bonchev–Trinajstić information content (AvgIpc) is 3.92. The number of carbonyl (C=O) groups is 2. The number of rotatable bonds is 10. The second kappa shape index (κ2) is 15.5. The number of methoxy groups -OCH3 is 1. The maximum absolute atomic E-state index is 13.3. The molecule has 8 rings (SSSR count). The Bertz CT molecular complexity index is 2970. The van der Waals surface area contributed by atoms with Crippen LogP contribution in [-0.2, 0) is 26.1 Å². The fourth-order valence-electron chi connectivity index (χ4n) is 7.27. The molecule has 0 aliphatic carbocycles. The number of hydrogen-bond acceptors (Lipinski definition) is 10. The number of nitriles is 1. The van der Waals surface area contributed by atoms with Crippen LogP contribution in [0.3, 0.4) is 0 Å². The normalized spacial score (nSPS) is 13.5. The van der Waals surface area contributed by atoms with Crippen molar-refractivity contribution in [3.63, 3.8) is 0 Å². The van der Waals surface area contributed by atoms with Crippen LogP contribution in [0.4, 0.5) is 5.69 Å². The number of aliphatic imine (C=N–C) groups is 1. The summed E-state index contributed by atoms with van der Waals surface area (Å²) in [7, 11) is -2.58. The molecule has 4 aromatic carbocycles. The molecule has 1 unspecified atom stereocenters. The maximum atomic E-state index is 13.3. The predicted molar refractivity (Wildman–Crippen MR) is 227 cm³/mol. The van der Waals surface area contributed by atoms with E-state index >= 15 is 0 Å². The molecule has 4 heterocycles. The molecule has 59 heavy (non-hydrogen) atoms. The Morgan fingerprint density at radius 1 is 0.915 bits per heavy atom. The van der Waals surface area contributed by atoms with Crippen LogP contribution < -0.4 is 10.0 Å². The van der Waals surface area contributed by atoms with Crippen LogP contribution in [0.15, 0.2) is 101 Å². The molecule has 1 aliphatic heterocycles. The van der Waals surface area contributed by atoms with Crippen LogP contribution in [0, 0.1) is 39.0 Å². The number of anilines is 1. The summed E-state index contributed by atoms with van der Waals surface area (Å²) >= 11 is 1.65. The number of thiophene rings is 1. The number of aromatic nitrogens is 4. The second-order valence-corrected chi connectivity index (χ2v) is 17.1. The summed E-state index contributed by atoms with van der Waals surface area (Å²) in [6.07, 6.45) is 1.58. The summed E-state index contributed by atoms with van der Waals surface area (Å²) in [5, 5.41) is 22.7. The first kappa shape index (κ1) is 39.0. The summed E-state index contributed by atoms with van der Waals surface area (Å²) in [4.78, 5) is 35.0. The van der Waals surface area contributed by atoms with Gasteiger partial charge in [0.1, 0.15) is 22.9 Å². The Labute approximate surface area is 344 Å². The zero-order valence-corrected chi connectivity index (χ0v) is 34.4. The molecule has 0 spiro atoms. The minimum absolute atomic E-state index is 0.0249.